The maximum atomic E-state index is 10.9. The lowest BCUT2D eigenvalue weighted by Gasteiger charge is -1.98. The first-order valence-electron chi connectivity index (χ1n) is 5.32. The molecule has 0 atom stereocenters. The zero-order valence-electron chi connectivity index (χ0n) is 9.41. The van der Waals surface area contributed by atoms with Gasteiger partial charge in [0, 0.05) is 11.5 Å². The van der Waals surface area contributed by atoms with Crippen LogP contribution in [0.2, 0.25) is 0 Å². The van der Waals surface area contributed by atoms with Crippen molar-refractivity contribution in [2.45, 2.75) is 27.2 Å². The molecule has 2 rings (SSSR count). The monoisotopic (exact) mass is 204 g/mol. The highest BCUT2D eigenvalue weighted by Crippen LogP contribution is 2.13. The predicted octanol–water partition coefficient (Wildman–Crippen LogP) is 3.38. The molecule has 0 fully saturated rings. The zero-order chi connectivity index (χ0) is 11.3. The molecular formula is C13H16O2. The number of rotatable bonds is 1. The van der Waals surface area contributed by atoms with Crippen LogP contribution >= 0.6 is 0 Å². The van der Waals surface area contributed by atoms with Crippen molar-refractivity contribution >= 4 is 11.0 Å². The minimum Gasteiger partial charge on any atom is -0.423 e. The summed E-state index contributed by atoms with van der Waals surface area (Å²) in [5.41, 5.74) is 1.61. The van der Waals surface area contributed by atoms with E-state index >= 15 is 0 Å². The lowest BCUT2D eigenvalue weighted by molar-refractivity contribution is 0.561. The van der Waals surface area contributed by atoms with Crippen LogP contribution < -0.4 is 5.63 Å². The number of aryl methyl sites for hydroxylation is 1. The summed E-state index contributed by atoms with van der Waals surface area (Å²) in [6.45, 7) is 6.10. The molecule has 0 radical (unpaired) electrons. The number of fused-ring (bicyclic) bond motifs is 1. The summed E-state index contributed by atoms with van der Waals surface area (Å²) < 4.78 is 5.01. The van der Waals surface area contributed by atoms with E-state index in [-0.39, 0.29) is 5.63 Å². The van der Waals surface area contributed by atoms with Crippen molar-refractivity contribution in [1.29, 1.82) is 0 Å². The Morgan fingerprint density at radius 3 is 2.53 bits per heavy atom. The van der Waals surface area contributed by atoms with Crippen LogP contribution in [-0.4, -0.2) is 0 Å². The van der Waals surface area contributed by atoms with Gasteiger partial charge in [-0.25, -0.2) is 4.79 Å². The summed E-state index contributed by atoms with van der Waals surface area (Å²) in [6.07, 6.45) is 0.995. The van der Waals surface area contributed by atoms with E-state index in [2.05, 4.69) is 6.92 Å². The first-order valence-corrected chi connectivity index (χ1v) is 5.32. The number of hydrogen-bond donors (Lipinski definition) is 0. The Balaban J connectivity index is 0.000000531. The van der Waals surface area contributed by atoms with Gasteiger partial charge in [-0.1, -0.05) is 26.8 Å². The highest BCUT2D eigenvalue weighted by atomic mass is 16.4. The van der Waals surface area contributed by atoms with Gasteiger partial charge in [-0.15, -0.1) is 0 Å². The summed E-state index contributed by atoms with van der Waals surface area (Å²) in [4.78, 5) is 10.9. The van der Waals surface area contributed by atoms with E-state index in [1.807, 2.05) is 32.0 Å². The highest BCUT2D eigenvalue weighted by Gasteiger charge is 1.96. The lowest BCUT2D eigenvalue weighted by Crippen LogP contribution is -1.94. The van der Waals surface area contributed by atoms with Crippen LogP contribution in [0.1, 0.15) is 26.3 Å². The van der Waals surface area contributed by atoms with Gasteiger partial charge in [-0.3, -0.25) is 0 Å². The Kier molecular flexibility index (Phi) is 4.10. The second-order valence-electron chi connectivity index (χ2n) is 2.98. The third-order valence-electron chi connectivity index (χ3n) is 2.09. The molecule has 0 N–H and O–H groups in total. The van der Waals surface area contributed by atoms with Crippen LogP contribution in [0.15, 0.2) is 39.5 Å². The van der Waals surface area contributed by atoms with Gasteiger partial charge in [-0.05, 0) is 30.2 Å². The molecule has 0 amide bonds. The van der Waals surface area contributed by atoms with Gasteiger partial charge in [0.2, 0.25) is 0 Å². The fraction of sp³-hybridized carbons (Fsp3) is 0.308. The molecule has 2 heteroatoms. The third-order valence-corrected chi connectivity index (χ3v) is 2.09. The van der Waals surface area contributed by atoms with E-state index in [0.717, 1.165) is 11.8 Å². The Labute approximate surface area is 89.5 Å². The van der Waals surface area contributed by atoms with E-state index in [4.69, 9.17) is 4.42 Å². The van der Waals surface area contributed by atoms with Gasteiger partial charge in [0.15, 0.2) is 0 Å². The van der Waals surface area contributed by atoms with E-state index in [9.17, 15) is 4.79 Å². The molecule has 1 aromatic carbocycles. The quantitative estimate of drug-likeness (QED) is 0.666. The fourth-order valence-corrected chi connectivity index (χ4v) is 1.34. The lowest BCUT2D eigenvalue weighted by atomic mass is 10.1. The van der Waals surface area contributed by atoms with Gasteiger partial charge in [-0.2, -0.15) is 0 Å². The van der Waals surface area contributed by atoms with Gasteiger partial charge in [0.05, 0.1) is 0 Å². The normalized spacial score (nSPS) is 9.53. The van der Waals surface area contributed by atoms with Crippen LogP contribution in [0.5, 0.6) is 0 Å². The summed E-state index contributed by atoms with van der Waals surface area (Å²) in [5.74, 6) is 0. The maximum absolute atomic E-state index is 10.9. The predicted molar refractivity (Wildman–Crippen MR) is 63.2 cm³/mol. The summed E-state index contributed by atoms with van der Waals surface area (Å²) in [5, 5.41) is 0.985. The number of hydrogen-bond acceptors (Lipinski definition) is 2. The molecule has 1 heterocycles. The third kappa shape index (κ3) is 2.69. The fourth-order valence-electron chi connectivity index (χ4n) is 1.34. The van der Waals surface area contributed by atoms with Crippen molar-refractivity contribution in [1.82, 2.24) is 0 Å². The molecular weight excluding hydrogens is 188 g/mol. The largest absolute Gasteiger partial charge is 0.423 e. The van der Waals surface area contributed by atoms with Gasteiger partial charge in [0.1, 0.15) is 5.58 Å². The Morgan fingerprint density at radius 2 is 1.87 bits per heavy atom. The molecule has 0 spiro atoms. The van der Waals surface area contributed by atoms with Crippen molar-refractivity contribution in [3.8, 4) is 0 Å². The molecule has 1 aromatic heterocycles. The maximum Gasteiger partial charge on any atom is 0.336 e. The highest BCUT2D eigenvalue weighted by molar-refractivity contribution is 5.76. The van der Waals surface area contributed by atoms with Crippen molar-refractivity contribution < 1.29 is 4.42 Å². The Bertz CT molecular complexity index is 483. The SMILES string of the molecule is CC.CCc1ccc2oc(=O)ccc2c1. The molecule has 0 aliphatic carbocycles. The van der Waals surface area contributed by atoms with E-state index in [1.54, 1.807) is 6.07 Å². The van der Waals surface area contributed by atoms with E-state index in [1.165, 1.54) is 11.6 Å². The van der Waals surface area contributed by atoms with Crippen LogP contribution in [-0.2, 0) is 6.42 Å². The average molecular weight is 204 g/mol. The Morgan fingerprint density at radius 1 is 1.13 bits per heavy atom. The van der Waals surface area contributed by atoms with Crippen LogP contribution in [0.3, 0.4) is 0 Å². The minimum atomic E-state index is -0.295. The summed E-state index contributed by atoms with van der Waals surface area (Å²) in [6, 6.07) is 9.10. The first-order chi connectivity index (χ1) is 7.29. The molecule has 0 aliphatic heterocycles. The van der Waals surface area contributed by atoms with Crippen LogP contribution in [0, 0.1) is 0 Å². The smallest absolute Gasteiger partial charge is 0.336 e. The van der Waals surface area contributed by atoms with E-state index < -0.39 is 0 Å². The molecule has 0 saturated carbocycles. The zero-order valence-corrected chi connectivity index (χ0v) is 9.41. The summed E-state index contributed by atoms with van der Waals surface area (Å²) in [7, 11) is 0. The van der Waals surface area contributed by atoms with Crippen molar-refractivity contribution in [2.24, 2.45) is 0 Å². The minimum absolute atomic E-state index is 0.295. The standard InChI is InChI=1S/C11H10O2.C2H6/c1-2-8-3-5-10-9(7-8)4-6-11(12)13-10;1-2/h3-7H,2H2,1H3;1-2H3. The molecule has 2 aromatic rings. The van der Waals surface area contributed by atoms with E-state index in [0.29, 0.717) is 5.58 Å². The second-order valence-corrected chi connectivity index (χ2v) is 2.98. The van der Waals surface area contributed by atoms with Gasteiger partial charge in [0.25, 0.3) is 0 Å². The average Bonchev–Trinajstić information content (AvgIpc) is 2.31. The molecule has 0 unspecified atom stereocenters. The molecule has 80 valence electrons. The molecule has 0 aliphatic rings. The molecule has 0 saturated heterocycles. The first kappa shape index (κ1) is 11.5. The summed E-state index contributed by atoms with van der Waals surface area (Å²) >= 11 is 0. The second kappa shape index (κ2) is 5.35. The van der Waals surface area contributed by atoms with Crippen molar-refractivity contribution in [3.63, 3.8) is 0 Å². The van der Waals surface area contributed by atoms with Crippen molar-refractivity contribution in [3.05, 3.63) is 46.3 Å². The van der Waals surface area contributed by atoms with Gasteiger partial charge < -0.3 is 4.42 Å². The molecule has 2 nitrogen and oxygen atoms in total. The molecule has 0 bridgehead atoms. The Hall–Kier alpha value is -1.57. The number of benzene rings is 1. The van der Waals surface area contributed by atoms with Crippen LogP contribution in [0.25, 0.3) is 11.0 Å². The van der Waals surface area contributed by atoms with Gasteiger partial charge >= 0.3 is 5.63 Å². The molecule has 15 heavy (non-hydrogen) atoms. The van der Waals surface area contributed by atoms with Crippen molar-refractivity contribution in [2.75, 3.05) is 0 Å². The van der Waals surface area contributed by atoms with Crippen LogP contribution in [0.4, 0.5) is 0 Å². The topological polar surface area (TPSA) is 30.2 Å².